The average molecular weight is 617 g/mol. The number of hydrogen-bond donors (Lipinski definition) is 1. The number of nitriles is 1. The first-order valence-corrected chi connectivity index (χ1v) is 14.4. The molecule has 3 heterocycles. The highest BCUT2D eigenvalue weighted by atomic mass is 35.5. The van der Waals surface area contributed by atoms with Crippen LogP contribution in [0.2, 0.25) is 5.02 Å². The number of carbonyl (C=O) groups excluding carboxylic acids is 1. The predicted octanol–water partition coefficient (Wildman–Crippen LogP) is 5.03. The summed E-state index contributed by atoms with van der Waals surface area (Å²) in [7, 11) is 3.30. The molecule has 1 fully saturated rings. The number of amides is 1. The number of thioether (sulfide) groups is 1. The second kappa shape index (κ2) is 11.5. The summed E-state index contributed by atoms with van der Waals surface area (Å²) >= 11 is 13.0. The van der Waals surface area contributed by atoms with Crippen LogP contribution in [0.4, 0.5) is 11.5 Å². The Balaban J connectivity index is 1.60. The third kappa shape index (κ3) is 4.87. The summed E-state index contributed by atoms with van der Waals surface area (Å²) in [5, 5.41) is 13.6. The van der Waals surface area contributed by atoms with Crippen LogP contribution in [0.25, 0.3) is 11.8 Å². The minimum Gasteiger partial charge on any atom is -0.367 e. The zero-order valence-electron chi connectivity index (χ0n) is 23.1. The van der Waals surface area contributed by atoms with Gasteiger partial charge in [0.2, 0.25) is 0 Å². The van der Waals surface area contributed by atoms with Crippen molar-refractivity contribution in [3.63, 3.8) is 0 Å². The van der Waals surface area contributed by atoms with Gasteiger partial charge in [0.15, 0.2) is 4.32 Å². The van der Waals surface area contributed by atoms with Crippen molar-refractivity contribution in [3.8, 4) is 11.8 Å². The number of anilines is 2. The molecule has 9 nitrogen and oxygen atoms in total. The summed E-state index contributed by atoms with van der Waals surface area (Å²) < 4.78 is 4.71. The molecule has 0 atom stereocenters. The molecule has 0 saturated carbocycles. The fraction of sp³-hybridized carbons (Fsp3) is 0.167. The first-order valence-electron chi connectivity index (χ1n) is 12.8. The van der Waals surface area contributed by atoms with Crippen LogP contribution in [0.15, 0.2) is 69.1 Å². The third-order valence-corrected chi connectivity index (χ3v) is 8.89. The third-order valence-electron chi connectivity index (χ3n) is 7.22. The molecule has 42 heavy (non-hydrogen) atoms. The molecule has 212 valence electrons. The molecule has 1 aliphatic rings. The van der Waals surface area contributed by atoms with E-state index in [4.69, 9.17) is 23.8 Å². The molecule has 12 heteroatoms. The van der Waals surface area contributed by atoms with E-state index in [2.05, 4.69) is 5.32 Å². The summed E-state index contributed by atoms with van der Waals surface area (Å²) in [6.07, 6.45) is 1.61. The molecule has 1 saturated heterocycles. The Labute approximate surface area is 256 Å². The molecule has 0 radical (unpaired) electrons. The number of hydrogen-bond acceptors (Lipinski definition) is 7. The molecule has 5 rings (SSSR count). The number of rotatable bonds is 6. The summed E-state index contributed by atoms with van der Waals surface area (Å²) in [6, 6.07) is 18.4. The lowest BCUT2D eigenvalue weighted by Crippen LogP contribution is -2.33. The number of benzene rings is 2. The fourth-order valence-corrected chi connectivity index (χ4v) is 6.32. The molecule has 1 aliphatic heterocycles. The lowest BCUT2D eigenvalue weighted by atomic mass is 10.0. The van der Waals surface area contributed by atoms with Crippen LogP contribution in [0.5, 0.6) is 0 Å². The molecule has 0 unspecified atom stereocenters. The molecule has 4 aromatic rings. The van der Waals surface area contributed by atoms with E-state index < -0.39 is 11.5 Å². The quantitative estimate of drug-likeness (QED) is 0.239. The summed E-state index contributed by atoms with van der Waals surface area (Å²) in [4.78, 5) is 42.0. The van der Waals surface area contributed by atoms with E-state index in [1.165, 1.54) is 14.1 Å². The lowest BCUT2D eigenvalue weighted by molar-refractivity contribution is -0.113. The van der Waals surface area contributed by atoms with Crippen LogP contribution >= 0.6 is 35.6 Å². The van der Waals surface area contributed by atoms with Gasteiger partial charge in [-0.2, -0.15) is 5.26 Å². The zero-order chi connectivity index (χ0) is 30.3. The minimum atomic E-state index is -0.472. The van der Waals surface area contributed by atoms with Crippen LogP contribution in [0, 0.1) is 25.2 Å². The van der Waals surface area contributed by atoms with E-state index in [0.29, 0.717) is 39.9 Å². The minimum absolute atomic E-state index is 0.0350. The normalized spacial score (nSPS) is 14.1. The Morgan fingerprint density at radius 2 is 1.69 bits per heavy atom. The lowest BCUT2D eigenvalue weighted by Gasteiger charge is -2.18. The van der Waals surface area contributed by atoms with Crippen LogP contribution in [0.3, 0.4) is 0 Å². The fourth-order valence-electron chi connectivity index (χ4n) is 4.87. The molecule has 0 spiro atoms. The highest BCUT2D eigenvalue weighted by Crippen LogP contribution is 2.38. The number of nitrogens with zero attached hydrogens (tertiary/aromatic N) is 5. The maximum Gasteiger partial charge on any atom is 0.296 e. The second-order valence-electron chi connectivity index (χ2n) is 9.61. The van der Waals surface area contributed by atoms with Crippen molar-refractivity contribution < 1.29 is 4.79 Å². The molecule has 2 aromatic heterocycles. The van der Waals surface area contributed by atoms with Gasteiger partial charge in [-0.25, -0.2) is 4.68 Å². The molecule has 0 aliphatic carbocycles. The van der Waals surface area contributed by atoms with Crippen LogP contribution in [-0.2, 0) is 25.4 Å². The summed E-state index contributed by atoms with van der Waals surface area (Å²) in [6.45, 7) is 3.71. The number of carbonyl (C=O) groups is 1. The highest BCUT2D eigenvalue weighted by molar-refractivity contribution is 8.27. The summed E-state index contributed by atoms with van der Waals surface area (Å²) in [5.41, 5.74) is 2.19. The number of aromatic nitrogens is 3. The Morgan fingerprint density at radius 1 is 1.02 bits per heavy atom. The van der Waals surface area contributed by atoms with E-state index in [9.17, 15) is 19.6 Å². The van der Waals surface area contributed by atoms with E-state index >= 15 is 0 Å². The van der Waals surface area contributed by atoms with Gasteiger partial charge in [0.25, 0.3) is 17.0 Å². The smallest absolute Gasteiger partial charge is 0.296 e. The van der Waals surface area contributed by atoms with Gasteiger partial charge >= 0.3 is 0 Å². The summed E-state index contributed by atoms with van der Waals surface area (Å²) in [5.74, 6) is -0.0659. The first-order chi connectivity index (χ1) is 20.1. The number of nitrogens with one attached hydrogen (secondary N) is 1. The van der Waals surface area contributed by atoms with Crippen molar-refractivity contribution in [1.29, 1.82) is 5.26 Å². The standard InChI is InChI=1S/C30H25ClN6O3S2/c1-17-21(26(34(3)27(38)22(17)15-32)33-16-19-10-8-9-13-23(19)31)14-24-28(39)36(30(41)42-24)25-18(2)35(4)37(29(25)40)20-11-6-5-7-12-20/h5-14,33H,16H2,1-4H3/b24-14+. The van der Waals surface area contributed by atoms with Crippen molar-refractivity contribution in [1.82, 2.24) is 13.9 Å². The Kier molecular flexibility index (Phi) is 7.97. The van der Waals surface area contributed by atoms with Crippen molar-refractivity contribution >= 4 is 63.4 Å². The van der Waals surface area contributed by atoms with Gasteiger partial charge in [-0.3, -0.25) is 28.5 Å². The van der Waals surface area contributed by atoms with Crippen LogP contribution < -0.4 is 21.3 Å². The zero-order valence-corrected chi connectivity index (χ0v) is 25.5. The molecule has 1 amide bonds. The second-order valence-corrected chi connectivity index (χ2v) is 11.7. The van der Waals surface area contributed by atoms with Gasteiger partial charge in [-0.05, 0) is 49.2 Å². The van der Waals surface area contributed by atoms with Gasteiger partial charge < -0.3 is 5.32 Å². The highest BCUT2D eigenvalue weighted by Gasteiger charge is 2.38. The monoisotopic (exact) mass is 616 g/mol. The number of thiocarbonyl (C=S) groups is 1. The molecule has 2 aromatic carbocycles. The Bertz CT molecular complexity index is 1970. The van der Waals surface area contributed by atoms with E-state index in [1.54, 1.807) is 56.9 Å². The van der Waals surface area contributed by atoms with E-state index in [1.807, 2.05) is 42.5 Å². The largest absolute Gasteiger partial charge is 0.367 e. The number of halogens is 1. The van der Waals surface area contributed by atoms with Crippen molar-refractivity contribution in [2.24, 2.45) is 14.1 Å². The Hall–Kier alpha value is -4.37. The molecular formula is C30H25ClN6O3S2. The maximum atomic E-state index is 13.9. The van der Waals surface area contributed by atoms with Crippen molar-refractivity contribution in [2.75, 3.05) is 10.2 Å². The van der Waals surface area contributed by atoms with Gasteiger partial charge in [0.1, 0.15) is 23.1 Å². The Morgan fingerprint density at radius 3 is 2.36 bits per heavy atom. The van der Waals surface area contributed by atoms with Gasteiger partial charge in [0.05, 0.1) is 16.3 Å². The van der Waals surface area contributed by atoms with Gasteiger partial charge in [0, 0.05) is 31.2 Å². The van der Waals surface area contributed by atoms with Crippen molar-refractivity contribution in [2.45, 2.75) is 20.4 Å². The predicted molar refractivity (Wildman–Crippen MR) is 171 cm³/mol. The van der Waals surface area contributed by atoms with Crippen molar-refractivity contribution in [3.05, 3.63) is 113 Å². The first kappa shape index (κ1) is 29.1. The number of pyridine rings is 1. The molecule has 0 bridgehead atoms. The van der Waals surface area contributed by atoms with Gasteiger partial charge in [-0.1, -0.05) is 72.0 Å². The van der Waals surface area contributed by atoms with Crippen LogP contribution in [0.1, 0.15) is 27.9 Å². The number of para-hydroxylation sites is 1. The molecular weight excluding hydrogens is 592 g/mol. The van der Waals surface area contributed by atoms with Gasteiger partial charge in [-0.15, -0.1) is 0 Å². The van der Waals surface area contributed by atoms with E-state index in [-0.39, 0.29) is 26.0 Å². The molecule has 1 N–H and O–H groups in total. The van der Waals surface area contributed by atoms with Crippen LogP contribution in [-0.4, -0.2) is 24.2 Å². The maximum absolute atomic E-state index is 13.9. The topological polar surface area (TPSA) is 105 Å². The SMILES string of the molecule is Cc1c(/C=C2/SC(=S)N(c3c(C)n(C)n(-c4ccccc4)c3=O)C2=O)c(NCc2ccccc2Cl)n(C)c(=O)c1C#N. The average Bonchev–Trinajstić information content (AvgIpc) is 3.37. The van der Waals surface area contributed by atoms with E-state index in [0.717, 1.165) is 17.3 Å².